The molecule has 11 heteroatoms. The van der Waals surface area contributed by atoms with Crippen LogP contribution in [0, 0.1) is 11.6 Å². The number of aromatic amines is 1. The van der Waals surface area contributed by atoms with Gasteiger partial charge in [-0.05, 0) is 47.9 Å². The Kier molecular flexibility index (Phi) is 5.79. The highest BCUT2D eigenvalue weighted by Gasteiger charge is 2.26. The minimum absolute atomic E-state index is 0.0243. The SMILES string of the molecule is CCCS(=O)(=O)Nc1ccc(F)c(C(=O)c2c[nH]c3ncc(-c4ccc5c(c4)CNC5=O)cc23)c1F. The van der Waals surface area contributed by atoms with Gasteiger partial charge in [-0.3, -0.25) is 14.3 Å². The Morgan fingerprint density at radius 3 is 2.72 bits per heavy atom. The van der Waals surface area contributed by atoms with Crippen molar-refractivity contribution in [2.75, 3.05) is 10.5 Å². The van der Waals surface area contributed by atoms with E-state index in [4.69, 9.17) is 0 Å². The van der Waals surface area contributed by atoms with E-state index >= 15 is 4.39 Å². The zero-order valence-electron chi connectivity index (χ0n) is 19.0. The van der Waals surface area contributed by atoms with Crippen molar-refractivity contribution in [3.05, 3.63) is 82.7 Å². The van der Waals surface area contributed by atoms with Crippen molar-refractivity contribution >= 4 is 38.4 Å². The second kappa shape index (κ2) is 8.83. The van der Waals surface area contributed by atoms with Gasteiger partial charge >= 0.3 is 0 Å². The molecule has 0 fully saturated rings. The molecule has 0 bridgehead atoms. The largest absolute Gasteiger partial charge is 0.348 e. The first kappa shape index (κ1) is 23.6. The van der Waals surface area contributed by atoms with E-state index in [-0.39, 0.29) is 17.2 Å². The summed E-state index contributed by atoms with van der Waals surface area (Å²) in [7, 11) is -3.86. The summed E-state index contributed by atoms with van der Waals surface area (Å²) in [6, 6.07) is 8.76. The zero-order valence-corrected chi connectivity index (χ0v) is 19.8. The second-order valence-electron chi connectivity index (χ2n) is 8.41. The van der Waals surface area contributed by atoms with Gasteiger partial charge in [0.2, 0.25) is 15.8 Å². The molecule has 1 amide bonds. The monoisotopic (exact) mass is 510 g/mol. The van der Waals surface area contributed by atoms with E-state index in [1.807, 2.05) is 6.07 Å². The quantitative estimate of drug-likeness (QED) is 0.323. The number of amides is 1. The maximum absolute atomic E-state index is 15.2. The molecular weight excluding hydrogens is 490 g/mol. The lowest BCUT2D eigenvalue weighted by molar-refractivity contribution is 0.0964. The van der Waals surface area contributed by atoms with Crippen molar-refractivity contribution in [2.24, 2.45) is 0 Å². The number of pyridine rings is 1. The molecule has 0 saturated heterocycles. The Labute approximate surface area is 204 Å². The number of H-pyrrole nitrogens is 1. The fraction of sp³-hybridized carbons (Fsp3) is 0.160. The number of anilines is 1. The number of carbonyl (C=O) groups is 2. The molecule has 2 aromatic heterocycles. The fourth-order valence-corrected chi connectivity index (χ4v) is 5.35. The Balaban J connectivity index is 1.55. The summed E-state index contributed by atoms with van der Waals surface area (Å²) in [6.07, 6.45) is 3.19. The van der Waals surface area contributed by atoms with E-state index < -0.39 is 38.7 Å². The van der Waals surface area contributed by atoms with Crippen LogP contribution in [0.25, 0.3) is 22.2 Å². The number of nitrogens with one attached hydrogen (secondary N) is 3. The molecule has 0 atom stereocenters. The van der Waals surface area contributed by atoms with Crippen LogP contribution in [0.15, 0.2) is 48.8 Å². The average Bonchev–Trinajstić information content (AvgIpc) is 3.43. The van der Waals surface area contributed by atoms with Crippen molar-refractivity contribution in [3.63, 3.8) is 0 Å². The van der Waals surface area contributed by atoms with E-state index in [1.165, 1.54) is 6.20 Å². The summed E-state index contributed by atoms with van der Waals surface area (Å²) < 4.78 is 56.1. The third-order valence-corrected chi connectivity index (χ3v) is 7.43. The molecule has 2 aromatic carbocycles. The molecule has 3 N–H and O–H groups in total. The Bertz CT molecular complexity index is 1660. The van der Waals surface area contributed by atoms with E-state index in [9.17, 15) is 22.4 Å². The number of hydrogen-bond acceptors (Lipinski definition) is 5. The molecule has 0 saturated carbocycles. The summed E-state index contributed by atoms with van der Waals surface area (Å²) in [5.74, 6) is -3.78. The molecule has 5 rings (SSSR count). The van der Waals surface area contributed by atoms with E-state index in [0.717, 1.165) is 23.3 Å². The van der Waals surface area contributed by atoms with Gasteiger partial charge in [-0.25, -0.2) is 22.2 Å². The van der Waals surface area contributed by atoms with Crippen molar-refractivity contribution in [3.8, 4) is 11.1 Å². The normalized spacial score (nSPS) is 13.0. The predicted octanol–water partition coefficient (Wildman–Crippen LogP) is 4.13. The maximum Gasteiger partial charge on any atom is 0.251 e. The van der Waals surface area contributed by atoms with Crippen molar-refractivity contribution < 1.29 is 26.8 Å². The Hall–Kier alpha value is -4.12. The van der Waals surface area contributed by atoms with Crippen molar-refractivity contribution in [1.29, 1.82) is 0 Å². The number of ketones is 1. The molecule has 0 aliphatic carbocycles. The van der Waals surface area contributed by atoms with Gasteiger partial charge in [-0.15, -0.1) is 0 Å². The smallest absolute Gasteiger partial charge is 0.251 e. The first-order chi connectivity index (χ1) is 17.2. The number of rotatable bonds is 7. The number of nitrogens with zero attached hydrogens (tertiary/aromatic N) is 1. The lowest BCUT2D eigenvalue weighted by Gasteiger charge is -2.11. The highest BCUT2D eigenvalue weighted by Crippen LogP contribution is 2.31. The average molecular weight is 511 g/mol. The molecule has 1 aliphatic heterocycles. The van der Waals surface area contributed by atoms with Crippen LogP contribution < -0.4 is 10.0 Å². The number of halogens is 2. The third kappa shape index (κ3) is 4.11. The molecule has 0 radical (unpaired) electrons. The summed E-state index contributed by atoms with van der Waals surface area (Å²) in [4.78, 5) is 32.3. The predicted molar refractivity (Wildman–Crippen MR) is 130 cm³/mol. The van der Waals surface area contributed by atoms with Crippen LogP contribution in [-0.4, -0.2) is 35.8 Å². The van der Waals surface area contributed by atoms with Crippen LogP contribution in [-0.2, 0) is 16.6 Å². The van der Waals surface area contributed by atoms with Gasteiger partial charge in [0.05, 0.1) is 17.0 Å². The number of hydrogen-bond donors (Lipinski definition) is 3. The first-order valence-corrected chi connectivity index (χ1v) is 12.8. The van der Waals surface area contributed by atoms with Gasteiger partial charge < -0.3 is 10.3 Å². The number of aromatic nitrogens is 2. The van der Waals surface area contributed by atoms with Crippen LogP contribution in [0.1, 0.15) is 45.2 Å². The number of benzene rings is 2. The van der Waals surface area contributed by atoms with Gasteiger partial charge in [-0.2, -0.15) is 0 Å². The highest BCUT2D eigenvalue weighted by molar-refractivity contribution is 7.92. The Morgan fingerprint density at radius 2 is 1.94 bits per heavy atom. The molecule has 4 aromatic rings. The van der Waals surface area contributed by atoms with Gasteiger partial charge in [0.25, 0.3) is 5.91 Å². The van der Waals surface area contributed by atoms with E-state index in [2.05, 4.69) is 20.0 Å². The number of fused-ring (bicyclic) bond motifs is 2. The minimum atomic E-state index is -3.86. The number of sulfonamides is 1. The van der Waals surface area contributed by atoms with Crippen LogP contribution in [0.3, 0.4) is 0 Å². The summed E-state index contributed by atoms with van der Waals surface area (Å²) in [6.45, 7) is 2.05. The topological polar surface area (TPSA) is 121 Å². The highest BCUT2D eigenvalue weighted by atomic mass is 32.2. The van der Waals surface area contributed by atoms with Crippen LogP contribution in [0.4, 0.5) is 14.5 Å². The molecule has 8 nitrogen and oxygen atoms in total. The van der Waals surface area contributed by atoms with Crippen LogP contribution >= 0.6 is 0 Å². The third-order valence-electron chi connectivity index (χ3n) is 5.95. The summed E-state index contributed by atoms with van der Waals surface area (Å²) >= 11 is 0. The molecule has 184 valence electrons. The van der Waals surface area contributed by atoms with Gasteiger partial charge in [0, 0.05) is 41.0 Å². The second-order valence-corrected chi connectivity index (χ2v) is 10.3. The lowest BCUT2D eigenvalue weighted by atomic mass is 9.98. The summed E-state index contributed by atoms with van der Waals surface area (Å²) in [5.41, 5.74) is 1.74. The molecule has 0 spiro atoms. The van der Waals surface area contributed by atoms with E-state index in [1.54, 1.807) is 31.3 Å². The molecule has 1 aliphatic rings. The molecule has 36 heavy (non-hydrogen) atoms. The summed E-state index contributed by atoms with van der Waals surface area (Å²) in [5, 5.41) is 3.09. The fourth-order valence-electron chi connectivity index (χ4n) is 4.22. The lowest BCUT2D eigenvalue weighted by Crippen LogP contribution is -2.18. The van der Waals surface area contributed by atoms with Crippen LogP contribution in [0.2, 0.25) is 0 Å². The molecule has 3 heterocycles. The van der Waals surface area contributed by atoms with Gasteiger partial charge in [0.15, 0.2) is 5.82 Å². The van der Waals surface area contributed by atoms with E-state index in [0.29, 0.717) is 35.1 Å². The molecular formula is C25H20F2N4O4S. The van der Waals surface area contributed by atoms with Crippen molar-refractivity contribution in [2.45, 2.75) is 19.9 Å². The standard InChI is InChI=1S/C25H20F2N4O4S/c1-2-7-36(34,35)31-20-6-5-19(26)21(22(20)27)23(32)18-12-29-24-17(18)9-14(10-28-24)13-3-4-16-15(8-13)11-30-25(16)33/h3-6,8-10,12,31H,2,7,11H2,1H3,(H,28,29)(H,30,33). The number of carbonyl (C=O) groups excluding carboxylic acids is 2. The molecule has 0 unspecified atom stereocenters. The van der Waals surface area contributed by atoms with Gasteiger partial charge in [0.1, 0.15) is 11.5 Å². The maximum atomic E-state index is 15.2. The first-order valence-electron chi connectivity index (χ1n) is 11.1. The zero-order chi connectivity index (χ0) is 25.6. The Morgan fingerprint density at radius 1 is 1.14 bits per heavy atom. The van der Waals surface area contributed by atoms with Gasteiger partial charge in [-0.1, -0.05) is 13.0 Å². The van der Waals surface area contributed by atoms with Crippen LogP contribution in [0.5, 0.6) is 0 Å². The van der Waals surface area contributed by atoms with Crippen molar-refractivity contribution in [1.82, 2.24) is 15.3 Å². The minimum Gasteiger partial charge on any atom is -0.348 e.